The summed E-state index contributed by atoms with van der Waals surface area (Å²) in [4.78, 5) is 3.93. The molecule has 0 unspecified atom stereocenters. The van der Waals surface area contributed by atoms with E-state index in [1.165, 1.54) is 13.2 Å². The second-order valence-corrected chi connectivity index (χ2v) is 4.40. The van der Waals surface area contributed by atoms with Gasteiger partial charge < -0.3 is 10.6 Å². The molecule has 0 spiro atoms. The van der Waals surface area contributed by atoms with Gasteiger partial charge in [-0.1, -0.05) is 0 Å². The van der Waals surface area contributed by atoms with Gasteiger partial charge in [-0.3, -0.25) is 9.67 Å². The molecule has 108 valence electrons. The second kappa shape index (κ2) is 5.94. The summed E-state index contributed by atoms with van der Waals surface area (Å²) in [7, 11) is 3.02. The van der Waals surface area contributed by atoms with E-state index in [1.807, 2.05) is 13.8 Å². The molecular formula is C11H18F3N5. The lowest BCUT2D eigenvalue weighted by Gasteiger charge is -2.14. The summed E-state index contributed by atoms with van der Waals surface area (Å²) >= 11 is 0. The number of nitrogens with one attached hydrogen (secondary N) is 2. The van der Waals surface area contributed by atoms with Gasteiger partial charge in [-0.25, -0.2) is 0 Å². The number of aliphatic imine (C=N–C) groups is 1. The monoisotopic (exact) mass is 277 g/mol. The number of guanidine groups is 1. The lowest BCUT2D eigenvalue weighted by Crippen LogP contribution is -2.40. The summed E-state index contributed by atoms with van der Waals surface area (Å²) in [5, 5.41) is 9.26. The maximum Gasteiger partial charge on any atom is 0.435 e. The molecule has 0 fully saturated rings. The fourth-order valence-electron chi connectivity index (χ4n) is 1.55. The van der Waals surface area contributed by atoms with Crippen molar-refractivity contribution < 1.29 is 13.2 Å². The minimum absolute atomic E-state index is 0.00900. The van der Waals surface area contributed by atoms with Crippen molar-refractivity contribution >= 4 is 5.96 Å². The number of aryl methyl sites for hydroxylation is 1. The summed E-state index contributed by atoms with van der Waals surface area (Å²) in [5.74, 6) is 0.451. The second-order valence-electron chi connectivity index (χ2n) is 4.40. The number of hydrogen-bond donors (Lipinski definition) is 2. The molecule has 8 heteroatoms. The highest BCUT2D eigenvalue weighted by Gasteiger charge is 2.36. The van der Waals surface area contributed by atoms with Crippen LogP contribution in [0.2, 0.25) is 0 Å². The zero-order valence-electron chi connectivity index (χ0n) is 11.3. The van der Waals surface area contributed by atoms with Crippen molar-refractivity contribution in [2.45, 2.75) is 32.6 Å². The Morgan fingerprint density at radius 2 is 2.11 bits per heavy atom. The van der Waals surface area contributed by atoms with Gasteiger partial charge >= 0.3 is 6.18 Å². The Morgan fingerprint density at radius 1 is 1.47 bits per heavy atom. The largest absolute Gasteiger partial charge is 0.435 e. The zero-order valence-corrected chi connectivity index (χ0v) is 11.3. The molecule has 19 heavy (non-hydrogen) atoms. The number of aromatic nitrogens is 2. The molecule has 0 saturated heterocycles. The Hall–Kier alpha value is -1.73. The SMILES string of the molecule is CN=C(NCc1cn(C)nc1C(F)(F)F)NC(C)C. The van der Waals surface area contributed by atoms with Gasteiger partial charge in [-0.15, -0.1) is 0 Å². The van der Waals surface area contributed by atoms with Gasteiger partial charge in [0, 0.05) is 38.4 Å². The van der Waals surface area contributed by atoms with Gasteiger partial charge in [-0.05, 0) is 13.8 Å². The van der Waals surface area contributed by atoms with Crippen molar-refractivity contribution in [1.82, 2.24) is 20.4 Å². The summed E-state index contributed by atoms with van der Waals surface area (Å²) in [6, 6.07) is 0.141. The van der Waals surface area contributed by atoms with Gasteiger partial charge in [0.2, 0.25) is 0 Å². The predicted molar refractivity (Wildman–Crippen MR) is 66.7 cm³/mol. The Labute approximate surface area is 109 Å². The van der Waals surface area contributed by atoms with Gasteiger partial charge in [-0.2, -0.15) is 18.3 Å². The molecule has 0 bridgehead atoms. The highest BCUT2D eigenvalue weighted by atomic mass is 19.4. The van der Waals surface area contributed by atoms with Gasteiger partial charge in [0.15, 0.2) is 11.7 Å². The van der Waals surface area contributed by atoms with E-state index in [-0.39, 0.29) is 18.2 Å². The van der Waals surface area contributed by atoms with Crippen molar-refractivity contribution in [3.63, 3.8) is 0 Å². The van der Waals surface area contributed by atoms with Crippen LogP contribution in [0.4, 0.5) is 13.2 Å². The van der Waals surface area contributed by atoms with E-state index in [9.17, 15) is 13.2 Å². The Kier molecular flexibility index (Phi) is 4.79. The first-order valence-electron chi connectivity index (χ1n) is 5.81. The molecule has 1 aromatic rings. The first kappa shape index (κ1) is 15.3. The van der Waals surface area contributed by atoms with Crippen LogP contribution in [0.1, 0.15) is 25.1 Å². The lowest BCUT2D eigenvalue weighted by molar-refractivity contribution is -0.142. The molecule has 1 heterocycles. The maximum absolute atomic E-state index is 12.7. The fraction of sp³-hybridized carbons (Fsp3) is 0.636. The molecule has 5 nitrogen and oxygen atoms in total. The number of rotatable bonds is 3. The molecular weight excluding hydrogens is 259 g/mol. The van der Waals surface area contributed by atoms with Gasteiger partial charge in [0.25, 0.3) is 0 Å². The molecule has 0 atom stereocenters. The standard InChI is InChI=1S/C11H18F3N5/c1-7(2)17-10(15-3)16-5-8-6-19(4)18-9(8)11(12,13)14/h6-7H,5H2,1-4H3,(H2,15,16,17). The summed E-state index contributed by atoms with van der Waals surface area (Å²) in [6.45, 7) is 3.84. The topological polar surface area (TPSA) is 54.2 Å². The van der Waals surface area contributed by atoms with Gasteiger partial charge in [0.1, 0.15) is 0 Å². The van der Waals surface area contributed by atoms with Crippen LogP contribution in [0, 0.1) is 0 Å². The smallest absolute Gasteiger partial charge is 0.354 e. The van der Waals surface area contributed by atoms with Crippen molar-refractivity contribution in [2.75, 3.05) is 7.05 Å². The first-order chi connectivity index (χ1) is 8.74. The van der Waals surface area contributed by atoms with Crippen LogP contribution >= 0.6 is 0 Å². The van der Waals surface area contributed by atoms with Crippen LogP contribution in [-0.4, -0.2) is 28.8 Å². The van der Waals surface area contributed by atoms with E-state index < -0.39 is 11.9 Å². The third-order valence-corrected chi connectivity index (χ3v) is 2.27. The normalized spacial score (nSPS) is 12.9. The van der Waals surface area contributed by atoms with E-state index in [0.29, 0.717) is 5.96 Å². The molecule has 0 aliphatic rings. The molecule has 1 rings (SSSR count). The molecule has 0 radical (unpaired) electrons. The van der Waals surface area contributed by atoms with E-state index in [4.69, 9.17) is 0 Å². The van der Waals surface area contributed by atoms with E-state index in [1.54, 1.807) is 7.05 Å². The highest BCUT2D eigenvalue weighted by Crippen LogP contribution is 2.30. The average molecular weight is 277 g/mol. The van der Waals surface area contributed by atoms with Crippen LogP contribution in [0.25, 0.3) is 0 Å². The van der Waals surface area contributed by atoms with Crippen LogP contribution in [0.15, 0.2) is 11.2 Å². The molecule has 0 aromatic carbocycles. The predicted octanol–water partition coefficient (Wildman–Crippen LogP) is 1.51. The van der Waals surface area contributed by atoms with E-state index in [0.717, 1.165) is 4.68 Å². The number of halogens is 3. The Morgan fingerprint density at radius 3 is 2.58 bits per heavy atom. The number of hydrogen-bond acceptors (Lipinski definition) is 2. The lowest BCUT2D eigenvalue weighted by atomic mass is 10.2. The number of nitrogens with zero attached hydrogens (tertiary/aromatic N) is 3. The quantitative estimate of drug-likeness (QED) is 0.650. The van der Waals surface area contributed by atoms with Crippen LogP contribution in [0.3, 0.4) is 0 Å². The van der Waals surface area contributed by atoms with Crippen LogP contribution in [-0.2, 0) is 19.8 Å². The fourth-order valence-corrected chi connectivity index (χ4v) is 1.55. The highest BCUT2D eigenvalue weighted by molar-refractivity contribution is 5.79. The van der Waals surface area contributed by atoms with Gasteiger partial charge in [0.05, 0.1) is 0 Å². The van der Waals surface area contributed by atoms with Crippen molar-refractivity contribution in [2.24, 2.45) is 12.0 Å². The van der Waals surface area contributed by atoms with Crippen molar-refractivity contribution in [3.8, 4) is 0 Å². The molecule has 0 amide bonds. The maximum atomic E-state index is 12.7. The number of alkyl halides is 3. The minimum Gasteiger partial charge on any atom is -0.354 e. The molecule has 1 aromatic heterocycles. The van der Waals surface area contributed by atoms with Crippen LogP contribution in [0.5, 0.6) is 0 Å². The third-order valence-electron chi connectivity index (χ3n) is 2.27. The zero-order chi connectivity index (χ0) is 14.6. The summed E-state index contributed by atoms with van der Waals surface area (Å²) in [6.07, 6.45) is -3.11. The van der Waals surface area contributed by atoms with E-state index in [2.05, 4.69) is 20.7 Å². The third kappa shape index (κ3) is 4.46. The van der Waals surface area contributed by atoms with Crippen molar-refractivity contribution in [1.29, 1.82) is 0 Å². The summed E-state index contributed by atoms with van der Waals surface area (Å²) in [5.41, 5.74) is -0.788. The minimum atomic E-state index is -4.45. The van der Waals surface area contributed by atoms with Crippen molar-refractivity contribution in [3.05, 3.63) is 17.5 Å². The molecule has 0 aliphatic heterocycles. The van der Waals surface area contributed by atoms with Crippen LogP contribution < -0.4 is 10.6 Å². The Bertz CT molecular complexity index is 448. The molecule has 0 aliphatic carbocycles. The summed E-state index contributed by atoms with van der Waals surface area (Å²) < 4.78 is 39.3. The first-order valence-corrected chi connectivity index (χ1v) is 5.81. The molecule has 2 N–H and O–H groups in total. The van der Waals surface area contributed by atoms with E-state index >= 15 is 0 Å². The average Bonchev–Trinajstić information content (AvgIpc) is 2.65. The molecule has 0 saturated carbocycles. The Balaban J connectivity index is 2.78.